The lowest BCUT2D eigenvalue weighted by molar-refractivity contribution is -0.133. The third-order valence-corrected chi connectivity index (χ3v) is 3.53. The fourth-order valence-electron chi connectivity index (χ4n) is 1.72. The van der Waals surface area contributed by atoms with Crippen LogP contribution in [-0.4, -0.2) is 24.5 Å². The molecule has 2 rings (SSSR count). The average Bonchev–Trinajstić information content (AvgIpc) is 2.61. The molecule has 0 aliphatic carbocycles. The van der Waals surface area contributed by atoms with Crippen LogP contribution in [0.5, 0.6) is 11.5 Å². The SMILES string of the molecule is CC(Oc1ccc(F)cc1)C(=O)NNC(=O)COc1ccc(Br)cc1. The number of ether oxygens (including phenoxy) is 2. The van der Waals surface area contributed by atoms with Crippen molar-refractivity contribution in [3.8, 4) is 11.5 Å². The summed E-state index contributed by atoms with van der Waals surface area (Å²) in [5.74, 6) is -0.610. The third kappa shape index (κ3) is 6.42. The molecule has 8 heteroatoms. The molecule has 0 saturated carbocycles. The summed E-state index contributed by atoms with van der Waals surface area (Å²) >= 11 is 3.29. The third-order valence-electron chi connectivity index (χ3n) is 3.00. The highest BCUT2D eigenvalue weighted by atomic mass is 79.9. The van der Waals surface area contributed by atoms with Crippen LogP contribution in [0.4, 0.5) is 4.39 Å². The lowest BCUT2D eigenvalue weighted by Gasteiger charge is -2.15. The molecule has 0 saturated heterocycles. The first-order chi connectivity index (χ1) is 11.9. The van der Waals surface area contributed by atoms with E-state index >= 15 is 0 Å². The minimum absolute atomic E-state index is 0.255. The quantitative estimate of drug-likeness (QED) is 0.717. The molecule has 0 aliphatic rings. The van der Waals surface area contributed by atoms with Crippen molar-refractivity contribution in [2.45, 2.75) is 13.0 Å². The topological polar surface area (TPSA) is 76.7 Å². The summed E-state index contributed by atoms with van der Waals surface area (Å²) < 4.78 is 24.3. The molecule has 2 amide bonds. The molecule has 2 aromatic rings. The molecule has 0 aromatic heterocycles. The Morgan fingerprint density at radius 3 is 2.28 bits per heavy atom. The number of benzene rings is 2. The van der Waals surface area contributed by atoms with Crippen LogP contribution in [0.25, 0.3) is 0 Å². The standard InChI is InChI=1S/C17H16BrFN2O4/c1-11(25-15-8-4-13(19)5-9-15)17(23)21-20-16(22)10-24-14-6-2-12(18)3-7-14/h2-9,11H,10H2,1H3,(H,20,22)(H,21,23). The van der Waals surface area contributed by atoms with Gasteiger partial charge in [-0.25, -0.2) is 4.39 Å². The van der Waals surface area contributed by atoms with E-state index in [4.69, 9.17) is 9.47 Å². The van der Waals surface area contributed by atoms with Crippen LogP contribution in [0.1, 0.15) is 6.92 Å². The van der Waals surface area contributed by atoms with Gasteiger partial charge < -0.3 is 9.47 Å². The second-order valence-electron chi connectivity index (χ2n) is 4.99. The van der Waals surface area contributed by atoms with Crippen LogP contribution in [0.15, 0.2) is 53.0 Å². The van der Waals surface area contributed by atoms with Gasteiger partial charge in [-0.05, 0) is 55.5 Å². The van der Waals surface area contributed by atoms with Crippen molar-refractivity contribution in [3.05, 3.63) is 58.8 Å². The van der Waals surface area contributed by atoms with Crippen molar-refractivity contribution in [1.82, 2.24) is 10.9 Å². The minimum atomic E-state index is -0.877. The van der Waals surface area contributed by atoms with Crippen LogP contribution in [0, 0.1) is 5.82 Å². The number of hydrazine groups is 1. The largest absolute Gasteiger partial charge is 0.484 e. The van der Waals surface area contributed by atoms with Crippen LogP contribution in [-0.2, 0) is 9.59 Å². The monoisotopic (exact) mass is 410 g/mol. The van der Waals surface area contributed by atoms with Gasteiger partial charge >= 0.3 is 0 Å². The molecule has 1 unspecified atom stereocenters. The zero-order valence-corrected chi connectivity index (χ0v) is 14.9. The number of hydrogen-bond donors (Lipinski definition) is 2. The van der Waals surface area contributed by atoms with Crippen molar-refractivity contribution >= 4 is 27.7 Å². The molecular formula is C17H16BrFN2O4. The number of amides is 2. The van der Waals surface area contributed by atoms with Crippen molar-refractivity contribution in [2.75, 3.05) is 6.61 Å². The molecule has 6 nitrogen and oxygen atoms in total. The van der Waals surface area contributed by atoms with Crippen LogP contribution in [0.3, 0.4) is 0 Å². The second kappa shape index (κ2) is 9.03. The van der Waals surface area contributed by atoms with Gasteiger partial charge in [0.05, 0.1) is 0 Å². The Morgan fingerprint density at radius 2 is 1.64 bits per heavy atom. The van der Waals surface area contributed by atoms with Crippen LogP contribution < -0.4 is 20.3 Å². The van der Waals surface area contributed by atoms with Gasteiger partial charge in [-0.1, -0.05) is 15.9 Å². The molecule has 0 radical (unpaired) electrons. The maximum Gasteiger partial charge on any atom is 0.279 e. The summed E-state index contributed by atoms with van der Waals surface area (Å²) in [6.45, 7) is 1.25. The number of rotatable bonds is 6. The molecule has 1 atom stereocenters. The Balaban J connectivity index is 1.71. The first-order valence-electron chi connectivity index (χ1n) is 7.33. The molecule has 2 N–H and O–H groups in total. The molecular weight excluding hydrogens is 395 g/mol. The second-order valence-corrected chi connectivity index (χ2v) is 5.91. The highest BCUT2D eigenvalue weighted by Crippen LogP contribution is 2.16. The number of carbonyl (C=O) groups is 2. The Bertz CT molecular complexity index is 722. The van der Waals surface area contributed by atoms with Gasteiger partial charge in [0, 0.05) is 4.47 Å². The van der Waals surface area contributed by atoms with E-state index in [2.05, 4.69) is 26.8 Å². The normalized spacial score (nSPS) is 11.3. The molecule has 2 aromatic carbocycles. The fraction of sp³-hybridized carbons (Fsp3) is 0.176. The number of nitrogens with one attached hydrogen (secondary N) is 2. The summed E-state index contributed by atoms with van der Waals surface area (Å²) in [6.07, 6.45) is -0.877. The predicted molar refractivity (Wildman–Crippen MR) is 92.4 cm³/mol. The van der Waals surface area contributed by atoms with Gasteiger partial charge in [0.25, 0.3) is 11.8 Å². The van der Waals surface area contributed by atoms with Gasteiger partial charge in [0.2, 0.25) is 0 Å². The highest BCUT2D eigenvalue weighted by Gasteiger charge is 2.15. The number of carbonyl (C=O) groups excluding carboxylic acids is 2. The van der Waals surface area contributed by atoms with E-state index in [-0.39, 0.29) is 6.61 Å². The molecule has 0 spiro atoms. The number of halogens is 2. The van der Waals surface area contributed by atoms with E-state index in [1.54, 1.807) is 24.3 Å². The molecule has 25 heavy (non-hydrogen) atoms. The molecule has 0 bridgehead atoms. The summed E-state index contributed by atoms with van der Waals surface area (Å²) in [6, 6.07) is 12.2. The van der Waals surface area contributed by atoms with E-state index in [1.807, 2.05) is 0 Å². The zero-order chi connectivity index (χ0) is 18.2. The van der Waals surface area contributed by atoms with Crippen LogP contribution >= 0.6 is 15.9 Å². The number of hydrogen-bond acceptors (Lipinski definition) is 4. The Hall–Kier alpha value is -2.61. The van der Waals surface area contributed by atoms with Gasteiger partial charge in [0.15, 0.2) is 12.7 Å². The van der Waals surface area contributed by atoms with Gasteiger partial charge in [-0.2, -0.15) is 0 Å². The van der Waals surface area contributed by atoms with E-state index in [0.717, 1.165) is 4.47 Å². The molecule has 0 heterocycles. The van der Waals surface area contributed by atoms with E-state index in [9.17, 15) is 14.0 Å². The average molecular weight is 411 g/mol. The maximum absolute atomic E-state index is 12.8. The Morgan fingerprint density at radius 1 is 1.04 bits per heavy atom. The van der Waals surface area contributed by atoms with E-state index in [1.165, 1.54) is 31.2 Å². The summed E-state index contributed by atoms with van der Waals surface area (Å²) in [4.78, 5) is 23.5. The van der Waals surface area contributed by atoms with E-state index < -0.39 is 23.7 Å². The van der Waals surface area contributed by atoms with Crippen molar-refractivity contribution in [1.29, 1.82) is 0 Å². The lowest BCUT2D eigenvalue weighted by Crippen LogP contribution is -2.48. The van der Waals surface area contributed by atoms with Crippen molar-refractivity contribution in [3.63, 3.8) is 0 Å². The molecule has 0 fully saturated rings. The van der Waals surface area contributed by atoms with E-state index in [0.29, 0.717) is 11.5 Å². The van der Waals surface area contributed by atoms with Gasteiger partial charge in [-0.3, -0.25) is 20.4 Å². The van der Waals surface area contributed by atoms with Crippen LogP contribution in [0.2, 0.25) is 0 Å². The zero-order valence-electron chi connectivity index (χ0n) is 13.3. The smallest absolute Gasteiger partial charge is 0.279 e. The summed E-state index contributed by atoms with van der Waals surface area (Å²) in [5.41, 5.74) is 4.46. The van der Waals surface area contributed by atoms with Crippen molar-refractivity contribution < 1.29 is 23.5 Å². The molecule has 132 valence electrons. The fourth-order valence-corrected chi connectivity index (χ4v) is 1.98. The Labute approximate surface area is 152 Å². The highest BCUT2D eigenvalue weighted by molar-refractivity contribution is 9.10. The predicted octanol–water partition coefficient (Wildman–Crippen LogP) is 2.58. The van der Waals surface area contributed by atoms with Gasteiger partial charge in [-0.15, -0.1) is 0 Å². The maximum atomic E-state index is 12.8. The summed E-state index contributed by atoms with van der Waals surface area (Å²) in [7, 11) is 0. The Kier molecular flexibility index (Phi) is 6.76. The molecule has 0 aliphatic heterocycles. The van der Waals surface area contributed by atoms with Crippen molar-refractivity contribution in [2.24, 2.45) is 0 Å². The summed E-state index contributed by atoms with van der Waals surface area (Å²) in [5, 5.41) is 0. The lowest BCUT2D eigenvalue weighted by atomic mass is 10.3. The van der Waals surface area contributed by atoms with Gasteiger partial charge in [0.1, 0.15) is 17.3 Å². The first kappa shape index (κ1) is 18.7. The minimum Gasteiger partial charge on any atom is -0.484 e. The first-order valence-corrected chi connectivity index (χ1v) is 8.12.